The largest absolute Gasteiger partial charge is 0.468 e. The molecule has 3 unspecified atom stereocenters. The normalized spacial score (nSPS) is 32.2. The van der Waals surface area contributed by atoms with Gasteiger partial charge in [-0.15, -0.1) is 0 Å². The molecule has 1 aromatic heterocycles. The molecule has 3 rings (SSSR count). The second-order valence-corrected chi connectivity index (χ2v) is 8.71. The van der Waals surface area contributed by atoms with Crippen molar-refractivity contribution in [3.63, 3.8) is 0 Å². The minimum atomic E-state index is -0.303. The maximum Gasteiger partial charge on any atom is 0.308 e. The Morgan fingerprint density at radius 1 is 1.33 bits per heavy atom. The molecule has 0 spiro atoms. The van der Waals surface area contributed by atoms with Crippen LogP contribution in [0.25, 0.3) is 0 Å². The third-order valence-corrected chi connectivity index (χ3v) is 6.70. The smallest absolute Gasteiger partial charge is 0.308 e. The average Bonchev–Trinajstić information content (AvgIpc) is 2.88. The second kappa shape index (κ2) is 6.09. The third kappa shape index (κ3) is 2.94. The number of allylic oxidation sites excluding steroid dienone is 1. The Kier molecular flexibility index (Phi) is 4.39. The summed E-state index contributed by atoms with van der Waals surface area (Å²) in [4.78, 5) is 11.3. The van der Waals surface area contributed by atoms with E-state index in [0.717, 1.165) is 24.3 Å². The molecular weight excluding hydrogens is 300 g/mol. The van der Waals surface area contributed by atoms with E-state index in [2.05, 4.69) is 27.4 Å². The monoisotopic (exact) mass is 330 g/mol. The number of ether oxygens (including phenoxy) is 1. The number of hydrogen-bond donors (Lipinski definition) is 0. The molecule has 2 aliphatic carbocycles. The van der Waals surface area contributed by atoms with E-state index in [0.29, 0.717) is 17.1 Å². The Morgan fingerprint density at radius 3 is 2.79 bits per heavy atom. The minimum absolute atomic E-state index is 0.266. The highest BCUT2D eigenvalue weighted by Gasteiger charge is 2.52. The molecule has 3 nitrogen and oxygen atoms in total. The van der Waals surface area contributed by atoms with E-state index in [1.165, 1.54) is 44.4 Å². The Bertz CT molecular complexity index is 639. The molecule has 2 fully saturated rings. The summed E-state index contributed by atoms with van der Waals surface area (Å²) < 4.78 is 10.6. The topological polar surface area (TPSA) is 39.4 Å². The van der Waals surface area contributed by atoms with E-state index in [1.807, 2.05) is 0 Å². The summed E-state index contributed by atoms with van der Waals surface area (Å²) in [5.41, 5.74) is 2.99. The second-order valence-electron chi connectivity index (χ2n) is 8.71. The van der Waals surface area contributed by atoms with Crippen LogP contribution < -0.4 is 4.74 Å². The maximum atomic E-state index is 11.3. The Labute approximate surface area is 145 Å². The van der Waals surface area contributed by atoms with Crippen LogP contribution in [-0.2, 0) is 11.2 Å². The van der Waals surface area contributed by atoms with Crippen molar-refractivity contribution in [2.75, 3.05) is 0 Å². The van der Waals surface area contributed by atoms with E-state index in [-0.39, 0.29) is 11.4 Å². The van der Waals surface area contributed by atoms with E-state index in [9.17, 15) is 4.79 Å². The van der Waals surface area contributed by atoms with Crippen LogP contribution in [0.1, 0.15) is 65.4 Å². The van der Waals surface area contributed by atoms with Gasteiger partial charge in [0.25, 0.3) is 0 Å². The summed E-state index contributed by atoms with van der Waals surface area (Å²) in [6.07, 6.45) is 10.3. The highest BCUT2D eigenvalue weighted by Crippen LogP contribution is 2.61. The fraction of sp³-hybridized carbons (Fsp3) is 0.667. The first-order valence-corrected chi connectivity index (χ1v) is 9.15. The molecule has 3 atom stereocenters. The number of carbonyl (C=O) groups excluding carboxylic acids is 1. The zero-order chi connectivity index (χ0) is 17.5. The standard InChI is InChI=1S/C21H30O3/c1-14-7-8-19-20(3,4)9-6-10-21(19,5)17(14)11-16-12-23-13-18(16)24-15(2)22/h12-13,17,19H,1,6-11H2,2-5H3. The molecule has 0 radical (unpaired) electrons. The van der Waals surface area contributed by atoms with Gasteiger partial charge in [0.15, 0.2) is 5.75 Å². The maximum absolute atomic E-state index is 11.3. The molecule has 0 bridgehead atoms. The molecule has 0 amide bonds. The van der Waals surface area contributed by atoms with Crippen LogP contribution in [0.2, 0.25) is 0 Å². The Balaban J connectivity index is 1.89. The van der Waals surface area contributed by atoms with Crippen LogP contribution in [-0.4, -0.2) is 5.97 Å². The quantitative estimate of drug-likeness (QED) is 0.539. The number of furan rings is 1. The Hall–Kier alpha value is -1.51. The zero-order valence-corrected chi connectivity index (χ0v) is 15.5. The van der Waals surface area contributed by atoms with Gasteiger partial charge in [0.2, 0.25) is 0 Å². The van der Waals surface area contributed by atoms with Gasteiger partial charge >= 0.3 is 5.97 Å². The van der Waals surface area contributed by atoms with Crippen molar-refractivity contribution in [1.29, 1.82) is 0 Å². The molecule has 2 saturated carbocycles. The van der Waals surface area contributed by atoms with E-state index in [4.69, 9.17) is 9.15 Å². The van der Waals surface area contributed by atoms with Gasteiger partial charge in [-0.25, -0.2) is 0 Å². The molecule has 132 valence electrons. The van der Waals surface area contributed by atoms with Crippen molar-refractivity contribution in [2.45, 2.75) is 66.2 Å². The number of esters is 1. The molecule has 0 saturated heterocycles. The summed E-state index contributed by atoms with van der Waals surface area (Å²) in [5.74, 6) is 1.40. The van der Waals surface area contributed by atoms with Crippen molar-refractivity contribution >= 4 is 5.97 Å². The van der Waals surface area contributed by atoms with Gasteiger partial charge in [0.1, 0.15) is 6.26 Å². The van der Waals surface area contributed by atoms with Crippen LogP contribution in [0.5, 0.6) is 5.75 Å². The molecule has 0 N–H and O–H groups in total. The van der Waals surface area contributed by atoms with E-state index < -0.39 is 0 Å². The van der Waals surface area contributed by atoms with Gasteiger partial charge in [-0.05, 0) is 54.8 Å². The lowest BCUT2D eigenvalue weighted by atomic mass is 9.47. The predicted molar refractivity (Wildman–Crippen MR) is 94.8 cm³/mol. The van der Waals surface area contributed by atoms with Crippen LogP contribution in [0.3, 0.4) is 0 Å². The van der Waals surface area contributed by atoms with Crippen LogP contribution >= 0.6 is 0 Å². The lowest BCUT2D eigenvalue weighted by Crippen LogP contribution is -2.50. The van der Waals surface area contributed by atoms with Gasteiger partial charge in [-0.2, -0.15) is 0 Å². The third-order valence-electron chi connectivity index (χ3n) is 6.70. The average molecular weight is 330 g/mol. The molecular formula is C21H30O3. The lowest BCUT2D eigenvalue weighted by Gasteiger charge is -2.58. The first kappa shape index (κ1) is 17.3. The summed E-state index contributed by atoms with van der Waals surface area (Å²) in [6, 6.07) is 0. The van der Waals surface area contributed by atoms with Gasteiger partial charge in [-0.3, -0.25) is 4.79 Å². The fourth-order valence-electron chi connectivity index (χ4n) is 5.58. The summed E-state index contributed by atoms with van der Waals surface area (Å²) in [7, 11) is 0. The van der Waals surface area contributed by atoms with Crippen LogP contribution in [0.15, 0.2) is 29.1 Å². The lowest BCUT2D eigenvalue weighted by molar-refractivity contribution is -0.131. The van der Waals surface area contributed by atoms with Crippen molar-refractivity contribution in [3.8, 4) is 5.75 Å². The molecule has 1 heterocycles. The van der Waals surface area contributed by atoms with Crippen LogP contribution in [0.4, 0.5) is 0 Å². The number of rotatable bonds is 3. The number of carbonyl (C=O) groups is 1. The summed E-state index contributed by atoms with van der Waals surface area (Å²) in [5, 5.41) is 0. The minimum Gasteiger partial charge on any atom is -0.468 e. The van der Waals surface area contributed by atoms with Crippen molar-refractivity contribution in [2.24, 2.45) is 22.7 Å². The molecule has 0 aliphatic heterocycles. The van der Waals surface area contributed by atoms with E-state index in [1.54, 1.807) is 6.26 Å². The zero-order valence-electron chi connectivity index (χ0n) is 15.5. The number of hydrogen-bond acceptors (Lipinski definition) is 3. The molecule has 2 aliphatic rings. The summed E-state index contributed by atoms with van der Waals surface area (Å²) in [6.45, 7) is 13.2. The molecule has 3 heteroatoms. The fourth-order valence-corrected chi connectivity index (χ4v) is 5.58. The molecule has 0 aromatic carbocycles. The van der Waals surface area contributed by atoms with Gasteiger partial charge < -0.3 is 9.15 Å². The summed E-state index contributed by atoms with van der Waals surface area (Å²) >= 11 is 0. The van der Waals surface area contributed by atoms with Crippen molar-refractivity contribution in [3.05, 3.63) is 30.2 Å². The SMILES string of the molecule is C=C1CCC2C(C)(C)CCCC2(C)C1Cc1cocc1OC(C)=O. The highest BCUT2D eigenvalue weighted by molar-refractivity contribution is 5.69. The first-order valence-electron chi connectivity index (χ1n) is 9.15. The first-order chi connectivity index (χ1) is 11.2. The highest BCUT2D eigenvalue weighted by atomic mass is 16.5. The predicted octanol–water partition coefficient (Wildman–Crippen LogP) is 5.55. The van der Waals surface area contributed by atoms with Gasteiger partial charge in [0.05, 0.1) is 6.26 Å². The van der Waals surface area contributed by atoms with Gasteiger partial charge in [-0.1, -0.05) is 39.3 Å². The Morgan fingerprint density at radius 2 is 2.08 bits per heavy atom. The molecule has 24 heavy (non-hydrogen) atoms. The molecule has 1 aromatic rings. The van der Waals surface area contributed by atoms with Crippen molar-refractivity contribution in [1.82, 2.24) is 0 Å². The number of fused-ring (bicyclic) bond motifs is 1. The van der Waals surface area contributed by atoms with Crippen molar-refractivity contribution < 1.29 is 13.9 Å². The van der Waals surface area contributed by atoms with Crippen LogP contribution in [0, 0.1) is 22.7 Å². The van der Waals surface area contributed by atoms with Gasteiger partial charge in [0, 0.05) is 12.5 Å². The van der Waals surface area contributed by atoms with E-state index >= 15 is 0 Å².